The van der Waals surface area contributed by atoms with Crippen LogP contribution in [-0.4, -0.2) is 34.4 Å². The van der Waals surface area contributed by atoms with Gasteiger partial charge in [0.15, 0.2) is 0 Å². The number of pyridine rings is 1. The molecule has 0 radical (unpaired) electrons. The van der Waals surface area contributed by atoms with E-state index in [4.69, 9.17) is 21.1 Å². The summed E-state index contributed by atoms with van der Waals surface area (Å²) in [5, 5.41) is 3.44. The number of benzene rings is 3. The zero-order valence-electron chi connectivity index (χ0n) is 22.1. The van der Waals surface area contributed by atoms with Crippen LogP contribution >= 0.6 is 11.6 Å². The number of hydrogen-bond donors (Lipinski definition) is 1. The van der Waals surface area contributed by atoms with E-state index in [1.807, 2.05) is 98.0 Å². The van der Waals surface area contributed by atoms with Gasteiger partial charge < -0.3 is 19.2 Å². The molecule has 1 atom stereocenters. The Bertz CT molecular complexity index is 1630. The predicted molar refractivity (Wildman–Crippen MR) is 155 cm³/mol. The molecule has 5 aromatic rings. The number of hydrogen-bond acceptors (Lipinski definition) is 5. The highest BCUT2D eigenvalue weighted by Crippen LogP contribution is 2.23. The van der Waals surface area contributed by atoms with Crippen molar-refractivity contribution in [3.05, 3.63) is 125 Å². The summed E-state index contributed by atoms with van der Waals surface area (Å²) in [6.45, 7) is 2.50. The topological polar surface area (TPSA) is 81.9 Å². The van der Waals surface area contributed by atoms with E-state index in [1.165, 1.54) is 12.7 Å². The number of ether oxygens (including phenoxy) is 2. The summed E-state index contributed by atoms with van der Waals surface area (Å²) in [4.78, 5) is 30.1. The summed E-state index contributed by atoms with van der Waals surface area (Å²) in [5.74, 6) is -0.294. The Labute approximate surface area is 237 Å². The van der Waals surface area contributed by atoms with Gasteiger partial charge in [0, 0.05) is 23.8 Å². The summed E-state index contributed by atoms with van der Waals surface area (Å²) in [6.07, 6.45) is 3.72. The maximum absolute atomic E-state index is 13.1. The summed E-state index contributed by atoms with van der Waals surface area (Å²) < 4.78 is 12.6. The quantitative estimate of drug-likeness (QED) is 0.224. The Balaban J connectivity index is 1.25. The van der Waals surface area contributed by atoms with Gasteiger partial charge in [0.2, 0.25) is 0 Å². The Kier molecular flexibility index (Phi) is 8.12. The third kappa shape index (κ3) is 6.50. The van der Waals surface area contributed by atoms with Crippen molar-refractivity contribution < 1.29 is 19.1 Å². The Morgan fingerprint density at radius 1 is 0.925 bits per heavy atom. The van der Waals surface area contributed by atoms with Crippen LogP contribution in [0.5, 0.6) is 5.75 Å². The van der Waals surface area contributed by atoms with Crippen molar-refractivity contribution in [3.8, 4) is 16.9 Å². The minimum atomic E-state index is -0.883. The number of amides is 1. The predicted octanol–water partition coefficient (Wildman–Crippen LogP) is 6.06. The van der Waals surface area contributed by atoms with Crippen molar-refractivity contribution in [1.29, 1.82) is 0 Å². The molecule has 3 aromatic carbocycles. The van der Waals surface area contributed by atoms with Gasteiger partial charge in [0.1, 0.15) is 29.7 Å². The molecular weight excluding hydrogens is 526 g/mol. The lowest BCUT2D eigenvalue weighted by atomic mass is 10.1. The molecule has 2 heterocycles. The van der Waals surface area contributed by atoms with Crippen LogP contribution in [0, 0.1) is 6.92 Å². The molecule has 7 nitrogen and oxygen atoms in total. The Hall–Kier alpha value is -4.62. The van der Waals surface area contributed by atoms with Gasteiger partial charge in [-0.3, -0.25) is 4.79 Å². The third-order valence-corrected chi connectivity index (χ3v) is 6.80. The van der Waals surface area contributed by atoms with Crippen LogP contribution in [0.15, 0.2) is 97.3 Å². The van der Waals surface area contributed by atoms with Crippen LogP contribution < -0.4 is 10.1 Å². The molecule has 1 unspecified atom stereocenters. The lowest BCUT2D eigenvalue weighted by molar-refractivity contribution is -0.142. The molecule has 8 heteroatoms. The zero-order valence-corrected chi connectivity index (χ0v) is 22.9. The van der Waals surface area contributed by atoms with Gasteiger partial charge in [0.05, 0.1) is 7.11 Å². The number of carbonyl (C=O) groups is 2. The lowest BCUT2D eigenvalue weighted by Crippen LogP contribution is -2.43. The summed E-state index contributed by atoms with van der Waals surface area (Å²) in [5.41, 5.74) is 5.86. The van der Waals surface area contributed by atoms with E-state index in [1.54, 1.807) is 10.6 Å². The van der Waals surface area contributed by atoms with Crippen molar-refractivity contribution in [3.63, 3.8) is 0 Å². The van der Waals surface area contributed by atoms with Gasteiger partial charge >= 0.3 is 5.97 Å². The first-order valence-corrected chi connectivity index (χ1v) is 13.2. The molecule has 0 aliphatic heterocycles. The maximum Gasteiger partial charge on any atom is 0.328 e. The van der Waals surface area contributed by atoms with Crippen LogP contribution in [-0.2, 0) is 22.6 Å². The number of rotatable bonds is 9. The van der Waals surface area contributed by atoms with Gasteiger partial charge in [-0.2, -0.15) is 0 Å². The number of fused-ring (bicyclic) bond motifs is 1. The minimum Gasteiger partial charge on any atom is -0.489 e. The van der Waals surface area contributed by atoms with Gasteiger partial charge in [-0.15, -0.1) is 0 Å². The molecule has 0 fully saturated rings. The number of carbonyl (C=O) groups excluding carboxylic acids is 2. The molecule has 0 spiro atoms. The number of halogens is 1. The van der Waals surface area contributed by atoms with Gasteiger partial charge in [-0.25, -0.2) is 9.78 Å². The van der Waals surface area contributed by atoms with Crippen LogP contribution in [0.4, 0.5) is 0 Å². The standard InChI is InChI=1S/C32H28ClN3O4/c1-21-3-5-23(6-4-21)20-40-27-13-7-22(8-14-27)17-28(32(38)39-2)35-31(37)29-19-36-16-15-25(18-30(36)34-29)24-9-11-26(33)12-10-24/h3-16,18-19,28H,17,20H2,1-2H3,(H,35,37). The van der Waals surface area contributed by atoms with Crippen molar-refractivity contribution in [2.75, 3.05) is 7.11 Å². The van der Waals surface area contributed by atoms with Crippen molar-refractivity contribution >= 4 is 29.1 Å². The molecule has 5 rings (SSSR count). The second-order valence-electron chi connectivity index (χ2n) is 9.49. The number of nitrogens with zero attached hydrogens (tertiary/aromatic N) is 2. The van der Waals surface area contributed by atoms with Crippen LogP contribution in [0.25, 0.3) is 16.8 Å². The molecular formula is C32H28ClN3O4. The number of esters is 1. The number of aromatic nitrogens is 2. The van der Waals surface area contributed by atoms with Gasteiger partial charge in [-0.05, 0) is 65.6 Å². The smallest absolute Gasteiger partial charge is 0.328 e. The molecule has 0 aliphatic rings. The highest BCUT2D eigenvalue weighted by molar-refractivity contribution is 6.30. The Morgan fingerprint density at radius 2 is 1.62 bits per heavy atom. The van der Waals surface area contributed by atoms with Crippen molar-refractivity contribution in [1.82, 2.24) is 14.7 Å². The number of imidazole rings is 1. The summed E-state index contributed by atoms with van der Waals surface area (Å²) in [7, 11) is 1.30. The molecule has 1 N–H and O–H groups in total. The molecule has 0 aliphatic carbocycles. The first kappa shape index (κ1) is 27.0. The highest BCUT2D eigenvalue weighted by Gasteiger charge is 2.24. The molecule has 40 heavy (non-hydrogen) atoms. The normalized spacial score (nSPS) is 11.7. The fourth-order valence-electron chi connectivity index (χ4n) is 4.29. The van der Waals surface area contributed by atoms with E-state index in [2.05, 4.69) is 10.3 Å². The monoisotopic (exact) mass is 553 g/mol. The van der Waals surface area contributed by atoms with E-state index in [0.29, 0.717) is 23.0 Å². The molecule has 202 valence electrons. The van der Waals surface area contributed by atoms with E-state index in [-0.39, 0.29) is 12.1 Å². The molecule has 0 bridgehead atoms. The average molecular weight is 554 g/mol. The fourth-order valence-corrected chi connectivity index (χ4v) is 4.42. The first-order valence-electron chi connectivity index (χ1n) is 12.8. The lowest BCUT2D eigenvalue weighted by Gasteiger charge is -2.16. The SMILES string of the molecule is COC(=O)C(Cc1ccc(OCc2ccc(C)cc2)cc1)NC(=O)c1cn2ccc(-c3ccc(Cl)cc3)cc2n1. The van der Waals surface area contributed by atoms with Crippen molar-refractivity contribution in [2.24, 2.45) is 0 Å². The maximum atomic E-state index is 13.1. The van der Waals surface area contributed by atoms with Gasteiger partial charge in [0.25, 0.3) is 5.91 Å². The Morgan fingerprint density at radius 3 is 2.33 bits per heavy atom. The van der Waals surface area contributed by atoms with Crippen LogP contribution in [0.1, 0.15) is 27.2 Å². The van der Waals surface area contributed by atoms with Crippen LogP contribution in [0.3, 0.4) is 0 Å². The number of methoxy groups -OCH3 is 1. The molecule has 0 saturated carbocycles. The largest absolute Gasteiger partial charge is 0.489 e. The highest BCUT2D eigenvalue weighted by atomic mass is 35.5. The number of aryl methyl sites for hydroxylation is 1. The number of nitrogens with one attached hydrogen (secondary N) is 1. The summed E-state index contributed by atoms with van der Waals surface area (Å²) >= 11 is 6.00. The van der Waals surface area contributed by atoms with Crippen LogP contribution in [0.2, 0.25) is 5.02 Å². The average Bonchev–Trinajstić information content (AvgIpc) is 3.41. The fraction of sp³-hybridized carbons (Fsp3) is 0.156. The second kappa shape index (κ2) is 12.1. The van der Waals surface area contributed by atoms with E-state index >= 15 is 0 Å². The molecule has 2 aromatic heterocycles. The van der Waals surface area contributed by atoms with E-state index in [9.17, 15) is 9.59 Å². The second-order valence-corrected chi connectivity index (χ2v) is 9.92. The zero-order chi connectivity index (χ0) is 28.1. The molecule has 0 saturated heterocycles. The van der Waals surface area contributed by atoms with E-state index < -0.39 is 17.9 Å². The van der Waals surface area contributed by atoms with Crippen molar-refractivity contribution in [2.45, 2.75) is 26.0 Å². The molecule has 1 amide bonds. The third-order valence-electron chi connectivity index (χ3n) is 6.55. The minimum absolute atomic E-state index is 0.196. The summed E-state index contributed by atoms with van der Waals surface area (Å²) in [6, 6.07) is 26.0. The van der Waals surface area contributed by atoms with Gasteiger partial charge in [-0.1, -0.05) is 65.7 Å². The first-order chi connectivity index (χ1) is 19.4. The van der Waals surface area contributed by atoms with E-state index in [0.717, 1.165) is 22.3 Å².